The van der Waals surface area contributed by atoms with Crippen LogP contribution in [0, 0.1) is 0 Å². The first kappa shape index (κ1) is 23.4. The Kier molecular flexibility index (Phi) is 11.0. The molecule has 0 saturated carbocycles. The van der Waals surface area contributed by atoms with Crippen LogP contribution in [0.2, 0.25) is 0 Å². The van der Waals surface area contributed by atoms with Gasteiger partial charge in [-0.15, -0.1) is 24.0 Å². The van der Waals surface area contributed by atoms with Crippen LogP contribution in [-0.4, -0.2) is 61.5 Å². The van der Waals surface area contributed by atoms with E-state index >= 15 is 0 Å². The van der Waals surface area contributed by atoms with Gasteiger partial charge in [0.25, 0.3) is 0 Å². The van der Waals surface area contributed by atoms with E-state index in [0.29, 0.717) is 19.8 Å². The van der Waals surface area contributed by atoms with Gasteiger partial charge in [0.05, 0.1) is 25.5 Å². The summed E-state index contributed by atoms with van der Waals surface area (Å²) in [6.45, 7) is 2.68. The molecule has 0 fully saturated rings. The maximum atomic E-state index is 5.69. The molecule has 7 nitrogen and oxygen atoms in total. The second kappa shape index (κ2) is 12.7. The summed E-state index contributed by atoms with van der Waals surface area (Å²) in [4.78, 5) is 6.44. The Hall–Kier alpha value is -1.65. The zero-order valence-electron chi connectivity index (χ0n) is 16.6. The normalized spacial score (nSPS) is 12.6. The molecule has 0 aliphatic heterocycles. The van der Waals surface area contributed by atoms with Gasteiger partial charge in [-0.2, -0.15) is 5.10 Å². The largest absolute Gasteiger partial charge is 0.375 e. The van der Waals surface area contributed by atoms with Gasteiger partial charge in [0.15, 0.2) is 5.96 Å². The van der Waals surface area contributed by atoms with Crippen LogP contribution >= 0.6 is 24.0 Å². The van der Waals surface area contributed by atoms with E-state index in [4.69, 9.17) is 4.74 Å². The number of rotatable bonds is 9. The Morgan fingerprint density at radius 3 is 2.59 bits per heavy atom. The van der Waals surface area contributed by atoms with Crippen molar-refractivity contribution in [3.8, 4) is 0 Å². The lowest BCUT2D eigenvalue weighted by molar-refractivity contribution is 0.125. The minimum absolute atomic E-state index is 0. The molecule has 2 aromatic rings. The summed E-state index contributed by atoms with van der Waals surface area (Å²) in [6.07, 6.45) is 3.94. The van der Waals surface area contributed by atoms with Crippen molar-refractivity contribution in [2.75, 3.05) is 40.8 Å². The van der Waals surface area contributed by atoms with Crippen molar-refractivity contribution in [3.05, 3.63) is 53.9 Å². The van der Waals surface area contributed by atoms with Gasteiger partial charge >= 0.3 is 0 Å². The van der Waals surface area contributed by atoms with Gasteiger partial charge in [-0.25, -0.2) is 0 Å². The summed E-state index contributed by atoms with van der Waals surface area (Å²) in [5.74, 6) is 0.768. The Labute approximate surface area is 179 Å². The average molecular weight is 486 g/mol. The molecule has 2 rings (SSSR count). The number of nitrogens with one attached hydrogen (secondary N) is 2. The van der Waals surface area contributed by atoms with Gasteiger partial charge in [-0.05, 0) is 19.7 Å². The number of hydrogen-bond acceptors (Lipinski definition) is 4. The molecule has 27 heavy (non-hydrogen) atoms. The van der Waals surface area contributed by atoms with Crippen molar-refractivity contribution in [3.63, 3.8) is 0 Å². The van der Waals surface area contributed by atoms with Gasteiger partial charge in [0, 0.05) is 38.9 Å². The quantitative estimate of drug-likeness (QED) is 0.246. The lowest BCUT2D eigenvalue weighted by Gasteiger charge is -2.24. The molecular weight excluding hydrogens is 455 g/mol. The topological polar surface area (TPSA) is 66.7 Å². The zero-order chi connectivity index (χ0) is 18.8. The molecule has 1 unspecified atom stereocenters. The lowest BCUT2D eigenvalue weighted by atomic mass is 10.1. The smallest absolute Gasteiger partial charge is 0.191 e. The minimum atomic E-state index is 0. The van der Waals surface area contributed by atoms with Crippen LogP contribution in [0.25, 0.3) is 0 Å². The highest BCUT2D eigenvalue weighted by molar-refractivity contribution is 14.0. The third kappa shape index (κ3) is 8.27. The maximum Gasteiger partial charge on any atom is 0.191 e. The number of aromatic nitrogens is 2. The van der Waals surface area contributed by atoms with Gasteiger partial charge < -0.3 is 20.3 Å². The van der Waals surface area contributed by atoms with E-state index in [0.717, 1.165) is 12.5 Å². The number of aliphatic imine (C=N–C) groups is 1. The number of ether oxygens (including phenoxy) is 1. The fraction of sp³-hybridized carbons (Fsp3) is 0.474. The summed E-state index contributed by atoms with van der Waals surface area (Å²) in [5, 5.41) is 10.9. The van der Waals surface area contributed by atoms with E-state index in [9.17, 15) is 0 Å². The Bertz CT molecular complexity index is 674. The van der Waals surface area contributed by atoms with Crippen molar-refractivity contribution >= 4 is 29.9 Å². The standard InChI is InChI=1S/C19H30N6O.HI/c1-20-19(21-10-11-26-15-16-8-6-5-7-9-16)22-13-18(24(2)3)17-12-23-25(4)14-17;/h5-9,12,14,18H,10-11,13,15H2,1-4H3,(H2,20,21,22);1H. The van der Waals surface area contributed by atoms with Crippen molar-refractivity contribution in [1.82, 2.24) is 25.3 Å². The first-order valence-electron chi connectivity index (χ1n) is 8.81. The summed E-state index contributed by atoms with van der Waals surface area (Å²) in [5.41, 5.74) is 2.35. The monoisotopic (exact) mass is 486 g/mol. The first-order valence-corrected chi connectivity index (χ1v) is 8.81. The minimum Gasteiger partial charge on any atom is -0.375 e. The molecular formula is C19H31IN6O. The summed E-state index contributed by atoms with van der Waals surface area (Å²) in [7, 11) is 7.83. The highest BCUT2D eigenvalue weighted by Gasteiger charge is 2.16. The molecule has 0 saturated heterocycles. The molecule has 0 aliphatic rings. The van der Waals surface area contributed by atoms with Gasteiger partial charge in [-0.1, -0.05) is 30.3 Å². The number of benzene rings is 1. The number of likely N-dealkylation sites (N-methyl/N-ethyl adjacent to an activating group) is 1. The Balaban J connectivity index is 0.00000364. The number of guanidine groups is 1. The molecule has 0 radical (unpaired) electrons. The molecule has 0 aliphatic carbocycles. The van der Waals surface area contributed by atoms with E-state index < -0.39 is 0 Å². The van der Waals surface area contributed by atoms with Crippen LogP contribution in [0.1, 0.15) is 17.2 Å². The number of hydrogen-bond donors (Lipinski definition) is 2. The van der Waals surface area contributed by atoms with Crippen LogP contribution in [0.5, 0.6) is 0 Å². The number of aryl methyl sites for hydroxylation is 1. The Morgan fingerprint density at radius 2 is 2.00 bits per heavy atom. The van der Waals surface area contributed by atoms with Gasteiger partial charge in [0.1, 0.15) is 0 Å². The summed E-state index contributed by atoms with van der Waals surface area (Å²) in [6, 6.07) is 10.4. The predicted octanol–water partition coefficient (Wildman–Crippen LogP) is 2.02. The fourth-order valence-electron chi connectivity index (χ4n) is 2.63. The molecule has 0 spiro atoms. The molecule has 1 heterocycles. The molecule has 1 aromatic carbocycles. The third-order valence-corrected chi connectivity index (χ3v) is 4.07. The van der Waals surface area contributed by atoms with Crippen molar-refractivity contribution in [2.24, 2.45) is 12.0 Å². The Morgan fingerprint density at radius 1 is 1.26 bits per heavy atom. The van der Waals surface area contributed by atoms with Crippen LogP contribution in [0.4, 0.5) is 0 Å². The highest BCUT2D eigenvalue weighted by atomic mass is 127. The summed E-state index contributed by atoms with van der Waals surface area (Å²) >= 11 is 0. The van der Waals surface area contributed by atoms with Gasteiger partial charge in [0.2, 0.25) is 0 Å². The predicted molar refractivity (Wildman–Crippen MR) is 121 cm³/mol. The van der Waals surface area contributed by atoms with Gasteiger partial charge in [-0.3, -0.25) is 9.67 Å². The van der Waals surface area contributed by atoms with E-state index in [1.165, 1.54) is 11.1 Å². The van der Waals surface area contributed by atoms with E-state index in [2.05, 4.69) is 51.9 Å². The maximum absolute atomic E-state index is 5.69. The number of nitrogens with zero attached hydrogens (tertiary/aromatic N) is 4. The second-order valence-electron chi connectivity index (χ2n) is 6.34. The van der Waals surface area contributed by atoms with Crippen molar-refractivity contribution in [2.45, 2.75) is 12.6 Å². The van der Waals surface area contributed by atoms with E-state index in [1.54, 1.807) is 7.05 Å². The molecule has 2 N–H and O–H groups in total. The zero-order valence-corrected chi connectivity index (χ0v) is 18.9. The van der Waals surface area contributed by atoms with Crippen molar-refractivity contribution in [1.29, 1.82) is 0 Å². The molecule has 0 bridgehead atoms. The molecule has 150 valence electrons. The molecule has 0 amide bonds. The highest BCUT2D eigenvalue weighted by Crippen LogP contribution is 2.15. The van der Waals surface area contributed by atoms with Crippen LogP contribution in [0.3, 0.4) is 0 Å². The third-order valence-electron chi connectivity index (χ3n) is 4.07. The molecule has 1 atom stereocenters. The first-order chi connectivity index (χ1) is 12.6. The van der Waals surface area contributed by atoms with Crippen LogP contribution in [0.15, 0.2) is 47.7 Å². The van der Waals surface area contributed by atoms with Crippen LogP contribution < -0.4 is 10.6 Å². The van der Waals surface area contributed by atoms with E-state index in [-0.39, 0.29) is 30.0 Å². The van der Waals surface area contributed by atoms with Crippen LogP contribution in [-0.2, 0) is 18.4 Å². The number of halogens is 1. The molecule has 1 aromatic heterocycles. The fourth-order valence-corrected chi connectivity index (χ4v) is 2.63. The second-order valence-corrected chi connectivity index (χ2v) is 6.34. The molecule has 8 heteroatoms. The summed E-state index contributed by atoms with van der Waals surface area (Å²) < 4.78 is 7.51. The van der Waals surface area contributed by atoms with Crippen molar-refractivity contribution < 1.29 is 4.74 Å². The SMILES string of the molecule is CN=C(NCCOCc1ccccc1)NCC(c1cnn(C)c1)N(C)C.I. The lowest BCUT2D eigenvalue weighted by Crippen LogP contribution is -2.42. The average Bonchev–Trinajstić information content (AvgIpc) is 3.06. The van der Waals surface area contributed by atoms with E-state index in [1.807, 2.05) is 42.3 Å².